The number of benzene rings is 1. The van der Waals surface area contributed by atoms with Crippen LogP contribution in [0.15, 0.2) is 12.1 Å². The summed E-state index contributed by atoms with van der Waals surface area (Å²) in [5.74, 6) is 2.83. The first kappa shape index (κ1) is 14.4. The van der Waals surface area contributed by atoms with Crippen LogP contribution in [0, 0.1) is 5.92 Å². The van der Waals surface area contributed by atoms with Gasteiger partial charge in [0.2, 0.25) is 6.79 Å². The van der Waals surface area contributed by atoms with Crippen LogP contribution in [-0.4, -0.2) is 37.0 Å². The van der Waals surface area contributed by atoms with Gasteiger partial charge in [0, 0.05) is 17.9 Å². The molecule has 0 radical (unpaired) electrons. The molecular formula is C19H28NO2+. The fraction of sp³-hybridized carbons (Fsp3) is 0.684. The van der Waals surface area contributed by atoms with E-state index >= 15 is 0 Å². The fourth-order valence-corrected chi connectivity index (χ4v) is 5.32. The van der Waals surface area contributed by atoms with Crippen molar-refractivity contribution in [1.29, 1.82) is 0 Å². The molecule has 3 aliphatic rings. The Bertz CT molecular complexity index is 567. The Kier molecular flexibility index (Phi) is 3.56. The predicted octanol–water partition coefficient (Wildman–Crippen LogP) is 3.54. The molecule has 0 spiro atoms. The van der Waals surface area contributed by atoms with E-state index in [2.05, 4.69) is 26.0 Å². The molecule has 0 aromatic heterocycles. The molecule has 1 aromatic carbocycles. The van der Waals surface area contributed by atoms with Crippen molar-refractivity contribution in [1.82, 2.24) is 0 Å². The Morgan fingerprint density at radius 2 is 2.09 bits per heavy atom. The molecule has 0 bridgehead atoms. The highest BCUT2D eigenvalue weighted by Crippen LogP contribution is 2.46. The van der Waals surface area contributed by atoms with Crippen molar-refractivity contribution in [2.45, 2.75) is 52.0 Å². The lowest BCUT2D eigenvalue weighted by molar-refractivity contribution is -0.958. The molecule has 3 atom stereocenters. The van der Waals surface area contributed by atoms with Crippen LogP contribution < -0.4 is 9.47 Å². The zero-order chi connectivity index (χ0) is 15.2. The quantitative estimate of drug-likeness (QED) is 0.795. The third-order valence-electron chi connectivity index (χ3n) is 6.36. The minimum atomic E-state index is 0.394. The van der Waals surface area contributed by atoms with E-state index in [0.29, 0.717) is 6.79 Å². The summed E-state index contributed by atoms with van der Waals surface area (Å²) in [6.07, 6.45) is 6.49. The van der Waals surface area contributed by atoms with Crippen molar-refractivity contribution in [3.8, 4) is 11.5 Å². The van der Waals surface area contributed by atoms with Gasteiger partial charge in [0.1, 0.15) is 0 Å². The summed E-state index contributed by atoms with van der Waals surface area (Å²) in [4.78, 5) is 0. The topological polar surface area (TPSA) is 18.5 Å². The highest BCUT2D eigenvalue weighted by atomic mass is 16.7. The Morgan fingerprint density at radius 1 is 1.18 bits per heavy atom. The van der Waals surface area contributed by atoms with Crippen molar-refractivity contribution < 1.29 is 14.0 Å². The molecule has 1 fully saturated rings. The van der Waals surface area contributed by atoms with E-state index in [1.54, 1.807) is 0 Å². The van der Waals surface area contributed by atoms with Crippen LogP contribution in [0.1, 0.15) is 44.2 Å². The maximum Gasteiger partial charge on any atom is 0.231 e. The molecule has 1 aliphatic carbocycles. The molecule has 3 nitrogen and oxygen atoms in total. The number of quaternary nitrogens is 1. The molecule has 1 aromatic rings. The number of ether oxygens (including phenoxy) is 2. The average molecular weight is 302 g/mol. The van der Waals surface area contributed by atoms with Gasteiger partial charge in [-0.3, -0.25) is 0 Å². The number of fused-ring (bicyclic) bond motifs is 4. The van der Waals surface area contributed by atoms with Gasteiger partial charge in [0.25, 0.3) is 0 Å². The van der Waals surface area contributed by atoms with Crippen molar-refractivity contribution in [2.24, 2.45) is 5.92 Å². The monoisotopic (exact) mass is 302 g/mol. The van der Waals surface area contributed by atoms with Crippen LogP contribution in [0.3, 0.4) is 0 Å². The summed E-state index contributed by atoms with van der Waals surface area (Å²) in [7, 11) is 0. The number of piperidine rings is 1. The number of nitrogens with zero attached hydrogens (tertiary/aromatic N) is 1. The Morgan fingerprint density at radius 3 is 2.91 bits per heavy atom. The van der Waals surface area contributed by atoms with E-state index in [1.807, 2.05) is 0 Å². The standard InChI is InChI=1S/C19H28NO2/c1-3-9-20(4-2)10-5-6-15-11-16-14(12-17(15)20)7-8-18-19(16)22-13-21-18/h7-8,15,17H,3-6,9-13H2,1-2H3/q+1. The summed E-state index contributed by atoms with van der Waals surface area (Å²) in [5.41, 5.74) is 2.96. The number of likely N-dealkylation sites (N-methyl/N-ethyl adjacent to an activating group) is 1. The second kappa shape index (κ2) is 5.45. The third-order valence-corrected chi connectivity index (χ3v) is 6.36. The summed E-state index contributed by atoms with van der Waals surface area (Å²) < 4.78 is 12.7. The molecule has 3 heteroatoms. The number of hydrogen-bond donors (Lipinski definition) is 0. The van der Waals surface area contributed by atoms with Gasteiger partial charge in [-0.25, -0.2) is 0 Å². The van der Waals surface area contributed by atoms with E-state index < -0.39 is 0 Å². The molecule has 2 aliphatic heterocycles. The first-order valence-corrected chi connectivity index (χ1v) is 9.03. The van der Waals surface area contributed by atoms with Gasteiger partial charge in [0.05, 0.1) is 25.7 Å². The normalized spacial score (nSPS) is 32.5. The van der Waals surface area contributed by atoms with Crippen LogP contribution in [0.4, 0.5) is 0 Å². The van der Waals surface area contributed by atoms with Gasteiger partial charge in [0.15, 0.2) is 11.5 Å². The number of likely N-dealkylation sites (tertiary alicyclic amines) is 1. The Balaban J connectivity index is 1.71. The number of hydrogen-bond acceptors (Lipinski definition) is 2. The predicted molar refractivity (Wildman–Crippen MR) is 87.3 cm³/mol. The molecule has 0 saturated carbocycles. The minimum Gasteiger partial charge on any atom is -0.454 e. The highest BCUT2D eigenvalue weighted by molar-refractivity contribution is 5.53. The van der Waals surface area contributed by atoms with Gasteiger partial charge in [-0.2, -0.15) is 0 Å². The molecule has 22 heavy (non-hydrogen) atoms. The van der Waals surface area contributed by atoms with E-state index in [-0.39, 0.29) is 0 Å². The second-order valence-electron chi connectivity index (χ2n) is 7.30. The second-order valence-corrected chi connectivity index (χ2v) is 7.30. The van der Waals surface area contributed by atoms with E-state index in [9.17, 15) is 0 Å². The van der Waals surface area contributed by atoms with E-state index in [1.165, 1.54) is 67.3 Å². The SMILES string of the molecule is CCC[N+]1(CC)CCCC2Cc3c(ccc4c3OCO4)CC21. The Hall–Kier alpha value is -1.22. The lowest BCUT2D eigenvalue weighted by Crippen LogP contribution is -2.63. The van der Waals surface area contributed by atoms with Crippen LogP contribution in [0.5, 0.6) is 11.5 Å². The van der Waals surface area contributed by atoms with Crippen LogP contribution >= 0.6 is 0 Å². The summed E-state index contributed by atoms with van der Waals surface area (Å²) in [6, 6.07) is 5.22. The molecule has 1 saturated heterocycles. The lowest BCUT2D eigenvalue weighted by atomic mass is 9.73. The molecule has 0 N–H and O–H groups in total. The Labute approximate surface area is 133 Å². The lowest BCUT2D eigenvalue weighted by Gasteiger charge is -2.52. The largest absolute Gasteiger partial charge is 0.454 e. The highest BCUT2D eigenvalue weighted by Gasteiger charge is 2.46. The van der Waals surface area contributed by atoms with Gasteiger partial charge in [-0.05, 0) is 44.2 Å². The van der Waals surface area contributed by atoms with Crippen molar-refractivity contribution in [3.63, 3.8) is 0 Å². The first-order chi connectivity index (χ1) is 10.8. The number of rotatable bonds is 3. The maximum absolute atomic E-state index is 5.78. The summed E-state index contributed by atoms with van der Waals surface area (Å²) >= 11 is 0. The van der Waals surface area contributed by atoms with E-state index in [0.717, 1.165) is 23.5 Å². The van der Waals surface area contributed by atoms with Crippen LogP contribution in [0.2, 0.25) is 0 Å². The van der Waals surface area contributed by atoms with E-state index in [4.69, 9.17) is 9.47 Å². The van der Waals surface area contributed by atoms with Gasteiger partial charge in [-0.15, -0.1) is 0 Å². The van der Waals surface area contributed by atoms with Crippen LogP contribution in [0.25, 0.3) is 0 Å². The van der Waals surface area contributed by atoms with Gasteiger partial charge >= 0.3 is 0 Å². The van der Waals surface area contributed by atoms with Crippen molar-refractivity contribution in [2.75, 3.05) is 26.4 Å². The van der Waals surface area contributed by atoms with Gasteiger partial charge in [-0.1, -0.05) is 13.0 Å². The smallest absolute Gasteiger partial charge is 0.231 e. The average Bonchev–Trinajstić information content (AvgIpc) is 3.03. The molecule has 0 amide bonds. The third kappa shape index (κ3) is 2.05. The molecular weight excluding hydrogens is 274 g/mol. The molecule has 2 heterocycles. The van der Waals surface area contributed by atoms with Crippen LogP contribution in [-0.2, 0) is 12.8 Å². The van der Waals surface area contributed by atoms with Crippen molar-refractivity contribution in [3.05, 3.63) is 23.3 Å². The molecule has 120 valence electrons. The summed E-state index contributed by atoms with van der Waals surface area (Å²) in [5, 5.41) is 0. The van der Waals surface area contributed by atoms with Gasteiger partial charge < -0.3 is 14.0 Å². The minimum absolute atomic E-state index is 0.394. The molecule has 3 unspecified atom stereocenters. The zero-order valence-electron chi connectivity index (χ0n) is 13.9. The van der Waals surface area contributed by atoms with Crippen molar-refractivity contribution >= 4 is 0 Å². The molecule has 4 rings (SSSR count). The summed E-state index contributed by atoms with van der Waals surface area (Å²) in [6.45, 7) is 9.14. The fourth-order valence-electron chi connectivity index (χ4n) is 5.32. The first-order valence-electron chi connectivity index (χ1n) is 9.03. The zero-order valence-corrected chi connectivity index (χ0v) is 13.9. The maximum atomic E-state index is 5.78.